The molecule has 4 heteroatoms. The molecule has 1 rings (SSSR count). The average molecular weight is 300 g/mol. The van der Waals surface area contributed by atoms with Gasteiger partial charge in [-0.05, 0) is 39.0 Å². The lowest BCUT2D eigenvalue weighted by atomic mass is 10.1. The molecule has 0 aliphatic heterocycles. The van der Waals surface area contributed by atoms with Gasteiger partial charge in [-0.3, -0.25) is 4.79 Å². The smallest absolute Gasteiger partial charge is 0.257 e. The molecule has 17 heavy (non-hydrogen) atoms. The normalized spacial score (nSPS) is 10.5. The Balaban J connectivity index is 3.09. The molecule has 0 spiro atoms. The summed E-state index contributed by atoms with van der Waals surface area (Å²) in [6, 6.07) is 5.47. The van der Waals surface area contributed by atoms with E-state index in [-0.39, 0.29) is 12.0 Å². The molecule has 0 saturated heterocycles. The van der Waals surface area contributed by atoms with Gasteiger partial charge in [-0.2, -0.15) is 0 Å². The summed E-state index contributed by atoms with van der Waals surface area (Å²) in [6.45, 7) is 6.51. The van der Waals surface area contributed by atoms with Crippen LogP contribution in [-0.4, -0.2) is 30.5 Å². The molecule has 3 nitrogen and oxygen atoms in total. The molecule has 0 aliphatic rings. The molecule has 0 aromatic heterocycles. The van der Waals surface area contributed by atoms with Gasteiger partial charge in [-0.15, -0.1) is 0 Å². The monoisotopic (exact) mass is 299 g/mol. The minimum absolute atomic E-state index is 0.0179. The number of nitrogens with zero attached hydrogens (tertiary/aromatic N) is 1. The highest BCUT2D eigenvalue weighted by molar-refractivity contribution is 9.10. The first-order valence-corrected chi connectivity index (χ1v) is 6.46. The molecule has 0 saturated carbocycles. The van der Waals surface area contributed by atoms with Crippen molar-refractivity contribution >= 4 is 21.8 Å². The van der Waals surface area contributed by atoms with Crippen molar-refractivity contribution < 1.29 is 9.53 Å². The molecule has 0 aliphatic carbocycles. The Labute approximate surface area is 111 Å². The summed E-state index contributed by atoms with van der Waals surface area (Å²) in [5.41, 5.74) is 0.603. The highest BCUT2D eigenvalue weighted by atomic mass is 79.9. The van der Waals surface area contributed by atoms with Crippen LogP contribution in [0.1, 0.15) is 31.1 Å². The zero-order valence-electron chi connectivity index (χ0n) is 10.7. The number of halogens is 1. The van der Waals surface area contributed by atoms with Gasteiger partial charge in [0.2, 0.25) is 0 Å². The predicted octanol–water partition coefficient (Wildman–Crippen LogP) is 3.33. The molecule has 0 atom stereocenters. The van der Waals surface area contributed by atoms with Crippen LogP contribution < -0.4 is 4.74 Å². The van der Waals surface area contributed by atoms with Crippen LogP contribution in [0.15, 0.2) is 22.7 Å². The summed E-state index contributed by atoms with van der Waals surface area (Å²) in [4.78, 5) is 13.8. The molecule has 94 valence electrons. The van der Waals surface area contributed by atoms with Crippen molar-refractivity contribution in [3.63, 3.8) is 0 Å². The molecule has 0 N–H and O–H groups in total. The van der Waals surface area contributed by atoms with Gasteiger partial charge >= 0.3 is 0 Å². The van der Waals surface area contributed by atoms with E-state index in [9.17, 15) is 4.79 Å². The van der Waals surface area contributed by atoms with E-state index in [1.54, 1.807) is 18.0 Å². The van der Waals surface area contributed by atoms with E-state index in [1.807, 2.05) is 32.9 Å². The molecule has 0 unspecified atom stereocenters. The Bertz CT molecular complexity index is 404. The van der Waals surface area contributed by atoms with E-state index in [0.29, 0.717) is 17.9 Å². The van der Waals surface area contributed by atoms with Gasteiger partial charge in [-0.25, -0.2) is 0 Å². The first-order valence-electron chi connectivity index (χ1n) is 5.67. The summed E-state index contributed by atoms with van der Waals surface area (Å²) in [7, 11) is 1.78. The van der Waals surface area contributed by atoms with Gasteiger partial charge in [-0.1, -0.05) is 15.9 Å². The zero-order valence-corrected chi connectivity index (χ0v) is 12.2. The third-order valence-corrected chi connectivity index (χ3v) is 2.85. The standard InChI is InChI=1S/C13H18BrNO2/c1-5-15(4)13(16)11-7-6-10(14)8-12(11)17-9(2)3/h6-9H,5H2,1-4H3. The van der Waals surface area contributed by atoms with Gasteiger partial charge in [0, 0.05) is 18.1 Å². The first kappa shape index (κ1) is 14.0. The fourth-order valence-corrected chi connectivity index (χ4v) is 1.71. The third kappa shape index (κ3) is 3.73. The second-order valence-electron chi connectivity index (χ2n) is 4.13. The van der Waals surface area contributed by atoms with Crippen LogP contribution in [0.3, 0.4) is 0 Å². The van der Waals surface area contributed by atoms with Crippen LogP contribution in [-0.2, 0) is 0 Å². The van der Waals surface area contributed by atoms with Gasteiger partial charge in [0.05, 0.1) is 11.7 Å². The highest BCUT2D eigenvalue weighted by Gasteiger charge is 2.16. The largest absolute Gasteiger partial charge is 0.490 e. The van der Waals surface area contributed by atoms with Crippen molar-refractivity contribution in [2.75, 3.05) is 13.6 Å². The Hall–Kier alpha value is -1.03. The van der Waals surface area contributed by atoms with E-state index in [4.69, 9.17) is 4.74 Å². The summed E-state index contributed by atoms with van der Waals surface area (Å²) in [5, 5.41) is 0. The summed E-state index contributed by atoms with van der Waals surface area (Å²) in [5.74, 6) is 0.607. The third-order valence-electron chi connectivity index (χ3n) is 2.36. The van der Waals surface area contributed by atoms with Crippen LogP contribution in [0, 0.1) is 0 Å². The van der Waals surface area contributed by atoms with E-state index in [2.05, 4.69) is 15.9 Å². The van der Waals surface area contributed by atoms with Gasteiger partial charge < -0.3 is 9.64 Å². The number of carbonyl (C=O) groups excluding carboxylic acids is 1. The quantitative estimate of drug-likeness (QED) is 0.853. The van der Waals surface area contributed by atoms with E-state index in [0.717, 1.165) is 4.47 Å². The number of amides is 1. The minimum Gasteiger partial charge on any atom is -0.490 e. The van der Waals surface area contributed by atoms with E-state index < -0.39 is 0 Å². The molecule has 1 aromatic rings. The predicted molar refractivity (Wildman–Crippen MR) is 72.5 cm³/mol. The van der Waals surface area contributed by atoms with Crippen molar-refractivity contribution in [1.82, 2.24) is 4.90 Å². The lowest BCUT2D eigenvalue weighted by Crippen LogP contribution is -2.27. The number of ether oxygens (including phenoxy) is 1. The van der Waals surface area contributed by atoms with Crippen LogP contribution >= 0.6 is 15.9 Å². The van der Waals surface area contributed by atoms with Crippen LogP contribution in [0.5, 0.6) is 5.75 Å². The molecule has 0 heterocycles. The second kappa shape index (κ2) is 6.05. The minimum atomic E-state index is -0.0179. The summed E-state index contributed by atoms with van der Waals surface area (Å²) < 4.78 is 6.57. The van der Waals surface area contributed by atoms with Gasteiger partial charge in [0.15, 0.2) is 0 Å². The van der Waals surface area contributed by atoms with Crippen molar-refractivity contribution in [3.05, 3.63) is 28.2 Å². The van der Waals surface area contributed by atoms with Crippen LogP contribution in [0.4, 0.5) is 0 Å². The fourth-order valence-electron chi connectivity index (χ4n) is 1.37. The Kier molecular flexibility index (Phi) is 5.00. The van der Waals surface area contributed by atoms with Crippen molar-refractivity contribution in [3.8, 4) is 5.75 Å². The van der Waals surface area contributed by atoms with Crippen LogP contribution in [0.2, 0.25) is 0 Å². The first-order chi connectivity index (χ1) is 7.95. The Morgan fingerprint density at radius 2 is 2.12 bits per heavy atom. The molecular formula is C13H18BrNO2. The second-order valence-corrected chi connectivity index (χ2v) is 5.04. The van der Waals surface area contributed by atoms with Gasteiger partial charge in [0.1, 0.15) is 5.75 Å². The highest BCUT2D eigenvalue weighted by Crippen LogP contribution is 2.25. The number of carbonyl (C=O) groups is 1. The van der Waals surface area contributed by atoms with Crippen molar-refractivity contribution in [1.29, 1.82) is 0 Å². The van der Waals surface area contributed by atoms with Crippen molar-refractivity contribution in [2.24, 2.45) is 0 Å². The number of hydrogen-bond donors (Lipinski definition) is 0. The Morgan fingerprint density at radius 1 is 1.47 bits per heavy atom. The Morgan fingerprint density at radius 3 is 2.65 bits per heavy atom. The van der Waals surface area contributed by atoms with E-state index in [1.165, 1.54) is 0 Å². The molecule has 1 aromatic carbocycles. The lowest BCUT2D eigenvalue weighted by Gasteiger charge is -2.18. The SMILES string of the molecule is CCN(C)C(=O)c1ccc(Br)cc1OC(C)C. The number of hydrogen-bond acceptors (Lipinski definition) is 2. The molecular weight excluding hydrogens is 282 g/mol. The van der Waals surface area contributed by atoms with E-state index >= 15 is 0 Å². The maximum atomic E-state index is 12.1. The lowest BCUT2D eigenvalue weighted by molar-refractivity contribution is 0.0796. The average Bonchev–Trinajstić information content (AvgIpc) is 2.26. The van der Waals surface area contributed by atoms with Crippen molar-refractivity contribution in [2.45, 2.75) is 26.9 Å². The molecule has 0 bridgehead atoms. The molecule has 1 amide bonds. The topological polar surface area (TPSA) is 29.5 Å². The number of rotatable bonds is 4. The fraction of sp³-hybridized carbons (Fsp3) is 0.462. The zero-order chi connectivity index (χ0) is 13.0. The summed E-state index contributed by atoms with van der Waals surface area (Å²) in [6.07, 6.45) is 0.0442. The maximum absolute atomic E-state index is 12.1. The number of benzene rings is 1. The summed E-state index contributed by atoms with van der Waals surface area (Å²) >= 11 is 3.38. The van der Waals surface area contributed by atoms with Gasteiger partial charge in [0.25, 0.3) is 5.91 Å². The van der Waals surface area contributed by atoms with Crippen LogP contribution in [0.25, 0.3) is 0 Å². The maximum Gasteiger partial charge on any atom is 0.257 e. The molecule has 0 fully saturated rings. The molecule has 0 radical (unpaired) electrons.